The minimum absolute atomic E-state index is 0.802. The molecule has 0 spiro atoms. The van der Waals surface area contributed by atoms with E-state index in [0.29, 0.717) is 0 Å². The Kier molecular flexibility index (Phi) is 7.02. The largest absolute Gasteiger partial charge is 0.159 e. The molecule has 0 N–H and O–H groups in total. The van der Waals surface area contributed by atoms with Crippen molar-refractivity contribution in [2.75, 3.05) is 5.75 Å². The molecule has 0 amide bonds. The first-order valence-corrected chi connectivity index (χ1v) is 6.18. The van der Waals surface area contributed by atoms with E-state index in [2.05, 4.69) is 46.4 Å². The lowest BCUT2D eigenvalue weighted by atomic mass is 9.97. The number of hydrogen-bond donors (Lipinski definition) is 0. The van der Waals surface area contributed by atoms with E-state index in [1.54, 1.807) is 0 Å². The summed E-state index contributed by atoms with van der Waals surface area (Å²) in [6, 6.07) is 0. The number of rotatable bonds is 6. The lowest BCUT2D eigenvalue weighted by Gasteiger charge is -2.13. The number of thioether (sulfide) groups is 1. The maximum absolute atomic E-state index is 2.38. The summed E-state index contributed by atoms with van der Waals surface area (Å²) in [5.74, 6) is 3.12. The Bertz CT molecular complexity index is 97.2. The van der Waals surface area contributed by atoms with Gasteiger partial charge >= 0.3 is 0 Å². The second-order valence-electron chi connectivity index (χ2n) is 4.44. The normalized spacial score (nSPS) is 14.2. The van der Waals surface area contributed by atoms with E-state index in [1.165, 1.54) is 18.6 Å². The van der Waals surface area contributed by atoms with E-state index in [4.69, 9.17) is 0 Å². The van der Waals surface area contributed by atoms with Gasteiger partial charge in [-0.15, -0.1) is 0 Å². The predicted octanol–water partition coefficient (Wildman–Crippen LogP) is 4.20. The van der Waals surface area contributed by atoms with Crippen molar-refractivity contribution in [2.45, 2.75) is 52.7 Å². The van der Waals surface area contributed by atoms with E-state index < -0.39 is 0 Å². The van der Waals surface area contributed by atoms with Crippen LogP contribution in [-0.4, -0.2) is 11.0 Å². The lowest BCUT2D eigenvalue weighted by molar-refractivity contribution is 0.431. The minimum Gasteiger partial charge on any atom is -0.159 e. The van der Waals surface area contributed by atoms with Gasteiger partial charge in [-0.3, -0.25) is 0 Å². The van der Waals surface area contributed by atoms with Gasteiger partial charge in [0.05, 0.1) is 0 Å². The van der Waals surface area contributed by atoms with Gasteiger partial charge in [0, 0.05) is 0 Å². The fraction of sp³-hybridized carbons (Fsp3) is 1.00. The van der Waals surface area contributed by atoms with Gasteiger partial charge in [-0.05, 0) is 35.7 Å². The molecular weight excluding hydrogens is 164 g/mol. The first-order valence-electron chi connectivity index (χ1n) is 5.14. The molecule has 0 unspecified atom stereocenters. The summed E-state index contributed by atoms with van der Waals surface area (Å²) in [5, 5.41) is 0.802. The first kappa shape index (κ1) is 12.3. The SMILES string of the molecule is CC(C)C[C@H](C)CCSC(C)C. The van der Waals surface area contributed by atoms with E-state index in [-0.39, 0.29) is 0 Å². The third-order valence-electron chi connectivity index (χ3n) is 1.94. The summed E-state index contributed by atoms with van der Waals surface area (Å²) >= 11 is 2.09. The zero-order chi connectivity index (χ0) is 9.56. The van der Waals surface area contributed by atoms with Gasteiger partial charge in [-0.2, -0.15) is 11.8 Å². The molecule has 0 radical (unpaired) electrons. The standard InChI is InChI=1S/C11H24S/c1-9(2)8-11(5)6-7-12-10(3)4/h9-11H,6-8H2,1-5H3/t11-/m1/s1. The molecule has 12 heavy (non-hydrogen) atoms. The van der Waals surface area contributed by atoms with Crippen molar-refractivity contribution in [3.63, 3.8) is 0 Å². The molecule has 1 heteroatoms. The molecule has 0 aliphatic carbocycles. The van der Waals surface area contributed by atoms with Gasteiger partial charge in [0.25, 0.3) is 0 Å². The van der Waals surface area contributed by atoms with Crippen molar-refractivity contribution < 1.29 is 0 Å². The second-order valence-corrected chi connectivity index (χ2v) is 6.13. The predicted molar refractivity (Wildman–Crippen MR) is 60.8 cm³/mol. The van der Waals surface area contributed by atoms with E-state index in [9.17, 15) is 0 Å². The molecule has 0 aliphatic rings. The van der Waals surface area contributed by atoms with Crippen LogP contribution >= 0.6 is 11.8 Å². The highest BCUT2D eigenvalue weighted by atomic mass is 32.2. The summed E-state index contributed by atoms with van der Waals surface area (Å²) in [6.07, 6.45) is 2.78. The summed E-state index contributed by atoms with van der Waals surface area (Å²) < 4.78 is 0. The molecule has 0 aromatic heterocycles. The average Bonchev–Trinajstić information content (AvgIpc) is 1.84. The molecule has 0 rings (SSSR count). The fourth-order valence-corrected chi connectivity index (χ4v) is 2.44. The Labute approximate surface area is 82.5 Å². The summed E-state index contributed by atoms with van der Waals surface area (Å²) in [6.45, 7) is 11.6. The summed E-state index contributed by atoms with van der Waals surface area (Å²) in [7, 11) is 0. The highest BCUT2D eigenvalue weighted by Crippen LogP contribution is 2.19. The lowest BCUT2D eigenvalue weighted by Crippen LogP contribution is -2.02. The Morgan fingerprint density at radius 2 is 1.58 bits per heavy atom. The molecule has 0 saturated heterocycles. The zero-order valence-corrected chi connectivity index (χ0v) is 10.1. The van der Waals surface area contributed by atoms with Crippen LogP contribution in [0.3, 0.4) is 0 Å². The fourth-order valence-electron chi connectivity index (χ4n) is 1.43. The van der Waals surface area contributed by atoms with Crippen LogP contribution in [0.4, 0.5) is 0 Å². The van der Waals surface area contributed by atoms with Gasteiger partial charge < -0.3 is 0 Å². The van der Waals surface area contributed by atoms with Gasteiger partial charge in [0.2, 0.25) is 0 Å². The third kappa shape index (κ3) is 8.45. The highest BCUT2D eigenvalue weighted by molar-refractivity contribution is 7.99. The Morgan fingerprint density at radius 3 is 2.00 bits per heavy atom. The van der Waals surface area contributed by atoms with Crippen LogP contribution in [0.25, 0.3) is 0 Å². The number of hydrogen-bond acceptors (Lipinski definition) is 1. The summed E-state index contributed by atoms with van der Waals surface area (Å²) in [5.41, 5.74) is 0. The topological polar surface area (TPSA) is 0 Å². The van der Waals surface area contributed by atoms with Crippen LogP contribution in [0.15, 0.2) is 0 Å². The molecule has 0 aliphatic heterocycles. The quantitative estimate of drug-likeness (QED) is 0.602. The van der Waals surface area contributed by atoms with Crippen molar-refractivity contribution in [1.82, 2.24) is 0 Å². The molecule has 0 fully saturated rings. The summed E-state index contributed by atoms with van der Waals surface area (Å²) in [4.78, 5) is 0. The van der Waals surface area contributed by atoms with Crippen molar-refractivity contribution >= 4 is 11.8 Å². The van der Waals surface area contributed by atoms with Gasteiger partial charge in [-0.1, -0.05) is 34.6 Å². The van der Waals surface area contributed by atoms with Crippen molar-refractivity contribution in [2.24, 2.45) is 11.8 Å². The van der Waals surface area contributed by atoms with Gasteiger partial charge in [0.1, 0.15) is 0 Å². The molecule has 1 atom stereocenters. The van der Waals surface area contributed by atoms with Crippen LogP contribution in [0.1, 0.15) is 47.5 Å². The van der Waals surface area contributed by atoms with Crippen LogP contribution in [0.5, 0.6) is 0 Å². The van der Waals surface area contributed by atoms with Crippen molar-refractivity contribution in [3.05, 3.63) is 0 Å². The van der Waals surface area contributed by atoms with Crippen molar-refractivity contribution in [1.29, 1.82) is 0 Å². The van der Waals surface area contributed by atoms with Gasteiger partial charge in [0.15, 0.2) is 0 Å². The van der Waals surface area contributed by atoms with E-state index in [0.717, 1.165) is 17.1 Å². The molecular formula is C11H24S. The minimum atomic E-state index is 0.802. The van der Waals surface area contributed by atoms with E-state index >= 15 is 0 Å². The smallest absolute Gasteiger partial charge is 0.000968 e. The third-order valence-corrected chi connectivity index (χ3v) is 3.07. The Balaban J connectivity index is 3.25. The molecule has 0 aromatic rings. The highest BCUT2D eigenvalue weighted by Gasteiger charge is 2.05. The maximum atomic E-state index is 2.38. The van der Waals surface area contributed by atoms with Crippen molar-refractivity contribution in [3.8, 4) is 0 Å². The second kappa shape index (κ2) is 6.82. The Morgan fingerprint density at radius 1 is 1.00 bits per heavy atom. The van der Waals surface area contributed by atoms with Crippen LogP contribution in [0.2, 0.25) is 0 Å². The van der Waals surface area contributed by atoms with Crippen LogP contribution < -0.4 is 0 Å². The zero-order valence-electron chi connectivity index (χ0n) is 9.26. The monoisotopic (exact) mass is 188 g/mol. The van der Waals surface area contributed by atoms with Crippen LogP contribution in [-0.2, 0) is 0 Å². The molecule has 0 nitrogen and oxygen atoms in total. The molecule has 74 valence electrons. The molecule has 0 heterocycles. The Hall–Kier alpha value is 0.350. The molecule has 0 saturated carbocycles. The molecule has 0 bridgehead atoms. The first-order chi connectivity index (χ1) is 5.52. The van der Waals surface area contributed by atoms with Crippen LogP contribution in [0, 0.1) is 11.8 Å². The van der Waals surface area contributed by atoms with E-state index in [1.807, 2.05) is 0 Å². The van der Waals surface area contributed by atoms with Gasteiger partial charge in [-0.25, -0.2) is 0 Å². The maximum Gasteiger partial charge on any atom is -0.000968 e. The average molecular weight is 188 g/mol. The molecule has 0 aromatic carbocycles.